The van der Waals surface area contributed by atoms with Crippen LogP contribution in [0.2, 0.25) is 39.3 Å². The van der Waals surface area contributed by atoms with Gasteiger partial charge in [0, 0.05) is 55.1 Å². The second kappa shape index (κ2) is 15.0. The van der Waals surface area contributed by atoms with E-state index < -0.39 is 16.1 Å². The molecular weight excluding hydrogens is 706 g/mol. The van der Waals surface area contributed by atoms with E-state index >= 15 is 0 Å². The van der Waals surface area contributed by atoms with Crippen molar-refractivity contribution in [3.05, 3.63) is 108 Å². The minimum Gasteiger partial charge on any atom is -0.748 e. The number of hydrogen-bond acceptors (Lipinski definition) is 2. The smallest absolute Gasteiger partial charge is 0.0508 e. The van der Waals surface area contributed by atoms with Crippen LogP contribution in [-0.4, -0.2) is 36.9 Å². The van der Waals surface area contributed by atoms with Gasteiger partial charge >= 0.3 is 0 Å². The minimum absolute atomic E-state index is 0. The van der Waals surface area contributed by atoms with Gasteiger partial charge in [0.25, 0.3) is 0 Å². The van der Waals surface area contributed by atoms with Crippen LogP contribution < -0.4 is 10.4 Å². The molecular formula is C42H60FeN2P2Si2-6. The Morgan fingerprint density at radius 3 is 1.61 bits per heavy atom. The van der Waals surface area contributed by atoms with Crippen LogP contribution in [0.1, 0.15) is 75.1 Å². The second-order valence-electron chi connectivity index (χ2n) is 18.3. The summed E-state index contributed by atoms with van der Waals surface area (Å²) < 4.78 is 0. The first-order valence-corrected chi connectivity index (χ1v) is 27.6. The van der Waals surface area contributed by atoms with Crippen molar-refractivity contribution >= 4 is 43.7 Å². The van der Waals surface area contributed by atoms with Gasteiger partial charge in [-0.2, -0.15) is 5.19 Å². The third kappa shape index (κ3) is 8.09. The van der Waals surface area contributed by atoms with Crippen molar-refractivity contribution in [2.75, 3.05) is 0 Å². The van der Waals surface area contributed by atoms with Crippen molar-refractivity contribution in [1.82, 2.24) is 9.97 Å². The molecule has 2 aromatic heterocycles. The Hall–Kier alpha value is -1.19. The van der Waals surface area contributed by atoms with E-state index in [1.54, 1.807) is 15.9 Å². The molecule has 0 aliphatic heterocycles. The Kier molecular flexibility index (Phi) is 12.0. The number of rotatable bonds is 8. The van der Waals surface area contributed by atoms with E-state index in [4.69, 9.17) is 0 Å². The van der Waals surface area contributed by atoms with Gasteiger partial charge in [0.2, 0.25) is 0 Å². The zero-order valence-corrected chi connectivity index (χ0v) is 36.6. The first-order valence-electron chi connectivity index (χ1n) is 18.5. The van der Waals surface area contributed by atoms with Crippen LogP contribution >= 0.6 is 17.2 Å². The summed E-state index contributed by atoms with van der Waals surface area (Å²) in [6.45, 7) is 23.3. The molecule has 2 aromatic carbocycles. The summed E-state index contributed by atoms with van der Waals surface area (Å²) >= 11 is 0. The van der Waals surface area contributed by atoms with Gasteiger partial charge < -0.3 is 30.3 Å². The molecule has 2 nitrogen and oxygen atoms in total. The summed E-state index contributed by atoms with van der Waals surface area (Å²) in [5.74, 6) is 3.97. The quantitative estimate of drug-likeness (QED) is 0.101. The Bertz CT molecular complexity index is 1550. The van der Waals surface area contributed by atoms with Crippen molar-refractivity contribution in [1.29, 1.82) is 0 Å². The third-order valence-corrected chi connectivity index (χ3v) is 20.9. The largest absolute Gasteiger partial charge is 0.748 e. The molecule has 0 amide bonds. The van der Waals surface area contributed by atoms with Crippen LogP contribution in [0.5, 0.6) is 0 Å². The van der Waals surface area contributed by atoms with Crippen molar-refractivity contribution in [2.24, 2.45) is 23.7 Å². The van der Waals surface area contributed by atoms with Gasteiger partial charge in [-0.15, -0.1) is 28.3 Å². The molecule has 0 saturated heterocycles. The SMILES string of the molecule is CC(C)(C)P(C[c-]1c(C(P)(c2cccnc2)c2cccnc2)cc([Si](C)(C)C)c1[Si](C)(C)C)C1C2CC3CC(C2)CC1C3.[Fe].[cH-]1[cH-][cH-][cH-][cH-]1. The Morgan fingerprint density at radius 2 is 1.24 bits per heavy atom. The number of hydrogen-bond donors (Lipinski definition) is 0. The third-order valence-electron chi connectivity index (χ3n) is 11.7. The summed E-state index contributed by atoms with van der Waals surface area (Å²) in [6.07, 6.45) is 16.9. The van der Waals surface area contributed by atoms with Gasteiger partial charge in [-0.1, -0.05) is 78.3 Å². The molecule has 0 N–H and O–H groups in total. The van der Waals surface area contributed by atoms with Gasteiger partial charge in [-0.05, 0) is 89.9 Å². The average Bonchev–Trinajstić information content (AvgIpc) is 3.73. The molecule has 2 heterocycles. The molecule has 0 spiro atoms. The predicted octanol–water partition coefficient (Wildman–Crippen LogP) is 10.5. The first kappa shape index (κ1) is 39.0. The molecule has 2 unspecified atom stereocenters. The standard InChI is InChI=1S/C37H55N2P2Si2.C5H5.Fe/c1-36(2,3)41(34-27-17-25-16-26(19-27)20-28(34)18-25)24-31-32(21-33(42(4,5)6)35(31)43(7,8)9)37(40,29-12-10-14-38-22-29)30-13-11-15-39-23-30;1-2-4-5-3-1;/h10-15,21-23,25-28,34H,16-20,24,40H2,1-9H3;1-5H;/q-1;-5;. The molecule has 4 aromatic rings. The van der Waals surface area contributed by atoms with Gasteiger partial charge in [0.15, 0.2) is 0 Å². The zero-order valence-electron chi connectivity index (χ0n) is 31.5. The number of pyridine rings is 2. The summed E-state index contributed by atoms with van der Waals surface area (Å²) in [7, 11) is -0.178. The van der Waals surface area contributed by atoms with E-state index in [1.165, 1.54) is 55.0 Å². The summed E-state index contributed by atoms with van der Waals surface area (Å²) in [5.41, 5.74) is 6.66. The average molecular weight is 767 g/mol. The Labute approximate surface area is 314 Å². The topological polar surface area (TPSA) is 25.8 Å². The maximum atomic E-state index is 4.67. The molecule has 49 heavy (non-hydrogen) atoms. The fraction of sp³-hybridized carbons (Fsp3) is 0.524. The van der Waals surface area contributed by atoms with E-state index in [-0.39, 0.29) is 30.1 Å². The van der Waals surface area contributed by atoms with Gasteiger partial charge in [0.05, 0.1) is 8.07 Å². The van der Waals surface area contributed by atoms with Crippen molar-refractivity contribution in [2.45, 2.75) is 114 Å². The fourth-order valence-electron chi connectivity index (χ4n) is 9.92. The van der Waals surface area contributed by atoms with Gasteiger partial charge in [-0.25, -0.2) is 11.3 Å². The van der Waals surface area contributed by atoms with E-state index in [2.05, 4.69) is 122 Å². The first-order chi connectivity index (χ1) is 22.6. The molecule has 4 aliphatic carbocycles. The molecule has 270 valence electrons. The van der Waals surface area contributed by atoms with Crippen LogP contribution in [0.15, 0.2) is 85.5 Å². The summed E-state index contributed by atoms with van der Waals surface area (Å²) in [6, 6.07) is 21.5. The fourth-order valence-corrected chi connectivity index (χ4v) is 20.2. The molecule has 8 rings (SSSR count). The number of nitrogens with zero attached hydrogens (tertiary/aromatic N) is 2. The van der Waals surface area contributed by atoms with Gasteiger partial charge in [0.1, 0.15) is 0 Å². The van der Waals surface area contributed by atoms with E-state index in [9.17, 15) is 0 Å². The molecule has 4 saturated carbocycles. The zero-order chi connectivity index (χ0) is 34.5. The monoisotopic (exact) mass is 766 g/mol. The van der Waals surface area contributed by atoms with E-state index in [1.807, 2.05) is 42.7 Å². The van der Waals surface area contributed by atoms with Gasteiger partial charge in [-0.3, -0.25) is 9.97 Å². The molecule has 7 heteroatoms. The van der Waals surface area contributed by atoms with Crippen LogP contribution in [0.4, 0.5) is 0 Å². The normalized spacial score (nSPS) is 24.2. The van der Waals surface area contributed by atoms with Crippen LogP contribution in [-0.2, 0) is 28.4 Å². The van der Waals surface area contributed by atoms with Crippen molar-refractivity contribution < 1.29 is 17.1 Å². The number of aromatic nitrogens is 2. The Balaban J connectivity index is 0.000000717. The van der Waals surface area contributed by atoms with E-state index in [0.29, 0.717) is 5.16 Å². The predicted molar refractivity (Wildman–Crippen MR) is 219 cm³/mol. The molecule has 4 bridgehead atoms. The maximum absolute atomic E-state index is 4.67. The maximum Gasteiger partial charge on any atom is 0.0508 e. The van der Waals surface area contributed by atoms with E-state index in [0.717, 1.165) is 29.3 Å². The summed E-state index contributed by atoms with van der Waals surface area (Å²) in [4.78, 5) is 9.34. The molecule has 0 radical (unpaired) electrons. The molecule has 2 atom stereocenters. The minimum atomic E-state index is -1.70. The molecule has 4 aliphatic rings. The second-order valence-corrected chi connectivity index (χ2v) is 32.4. The van der Waals surface area contributed by atoms with Crippen molar-refractivity contribution in [3.63, 3.8) is 0 Å². The van der Waals surface area contributed by atoms with Crippen LogP contribution in [0.25, 0.3) is 0 Å². The van der Waals surface area contributed by atoms with Crippen molar-refractivity contribution in [3.8, 4) is 0 Å². The van der Waals surface area contributed by atoms with Crippen LogP contribution in [0.3, 0.4) is 0 Å². The Morgan fingerprint density at radius 1 is 0.776 bits per heavy atom. The molecule has 4 fully saturated rings. The van der Waals surface area contributed by atoms with Crippen LogP contribution in [0, 0.1) is 23.7 Å². The summed E-state index contributed by atoms with van der Waals surface area (Å²) in [5, 5.41) is 3.45.